The first-order valence-corrected chi connectivity index (χ1v) is 18.5. The monoisotopic (exact) mass is 778 g/mol. The number of carbonyl (C=O) groups is 4. The normalized spacial score (nSPS) is 11.5. The first kappa shape index (κ1) is 39.9. The van der Waals surface area contributed by atoms with Gasteiger partial charge >= 0.3 is 0 Å². The molecule has 0 bridgehead atoms. The molecule has 0 atom stereocenters. The SMILES string of the molecule is CCn1cc(C)nc1C(=O)Nc1nc2cc(C=O)cc(OCCCNC)c2n1C/C=C/Cn1c(NC(=O)c2cc(C)nn2CC)nc2cc(C(N)=O)cc(OC)c21. The maximum Gasteiger partial charge on any atom is 0.293 e. The van der Waals surface area contributed by atoms with Crippen molar-refractivity contribution in [2.75, 3.05) is 37.9 Å². The van der Waals surface area contributed by atoms with Crippen LogP contribution in [-0.4, -0.2) is 89.8 Å². The summed E-state index contributed by atoms with van der Waals surface area (Å²) in [6.45, 7) is 9.94. The highest BCUT2D eigenvalue weighted by Gasteiger charge is 2.23. The van der Waals surface area contributed by atoms with Crippen LogP contribution in [0.1, 0.15) is 73.5 Å². The summed E-state index contributed by atoms with van der Waals surface area (Å²) in [5.41, 5.74) is 9.84. The molecule has 0 aliphatic carbocycles. The minimum Gasteiger partial charge on any atom is -0.494 e. The lowest BCUT2D eigenvalue weighted by molar-refractivity contribution is 0.0994. The van der Waals surface area contributed by atoms with Gasteiger partial charge in [0.1, 0.15) is 34.5 Å². The van der Waals surface area contributed by atoms with E-state index < -0.39 is 17.7 Å². The fourth-order valence-corrected chi connectivity index (χ4v) is 6.56. The van der Waals surface area contributed by atoms with Gasteiger partial charge in [0, 0.05) is 43.5 Å². The number of aryl methyl sites for hydroxylation is 4. The number of carbonyl (C=O) groups excluding carboxylic acids is 4. The third-order valence-electron chi connectivity index (χ3n) is 9.17. The third kappa shape index (κ3) is 8.40. The Bertz CT molecular complexity index is 2510. The molecule has 6 aromatic rings. The number of nitrogens with zero attached hydrogens (tertiary/aromatic N) is 8. The molecule has 3 amide bonds. The Morgan fingerprint density at radius 3 is 2.12 bits per heavy atom. The van der Waals surface area contributed by atoms with Crippen LogP contribution in [0.3, 0.4) is 0 Å². The summed E-state index contributed by atoms with van der Waals surface area (Å²) in [5, 5.41) is 13.3. The van der Waals surface area contributed by atoms with E-state index in [1.165, 1.54) is 13.2 Å². The molecule has 0 unspecified atom stereocenters. The summed E-state index contributed by atoms with van der Waals surface area (Å²) < 4.78 is 18.8. The summed E-state index contributed by atoms with van der Waals surface area (Å²) in [5.74, 6) is -0.133. The van der Waals surface area contributed by atoms with Crippen LogP contribution in [0.15, 0.2) is 48.7 Å². The van der Waals surface area contributed by atoms with Crippen LogP contribution in [0.2, 0.25) is 0 Å². The summed E-state index contributed by atoms with van der Waals surface area (Å²) in [6, 6.07) is 8.05. The van der Waals surface area contributed by atoms with Gasteiger partial charge in [0.25, 0.3) is 11.8 Å². The first-order chi connectivity index (χ1) is 27.5. The molecule has 0 fully saturated rings. The zero-order chi connectivity index (χ0) is 40.8. The van der Waals surface area contributed by atoms with E-state index in [0.717, 1.165) is 12.8 Å². The number of hydrogen-bond donors (Lipinski definition) is 4. The van der Waals surface area contributed by atoms with Crippen molar-refractivity contribution in [3.8, 4) is 11.5 Å². The van der Waals surface area contributed by atoms with Crippen molar-refractivity contribution >= 4 is 58.0 Å². The smallest absolute Gasteiger partial charge is 0.293 e. The van der Waals surface area contributed by atoms with Gasteiger partial charge in [0.15, 0.2) is 5.82 Å². The Labute approximate surface area is 328 Å². The van der Waals surface area contributed by atoms with Crippen molar-refractivity contribution in [2.24, 2.45) is 5.73 Å². The molecular formula is C39H46N12O6. The van der Waals surface area contributed by atoms with E-state index >= 15 is 0 Å². The first-order valence-electron chi connectivity index (χ1n) is 18.5. The number of imidazole rings is 3. The molecule has 0 aliphatic rings. The van der Waals surface area contributed by atoms with E-state index in [1.54, 1.807) is 55.8 Å². The van der Waals surface area contributed by atoms with Crippen molar-refractivity contribution in [2.45, 2.75) is 60.3 Å². The molecule has 6 rings (SSSR count). The van der Waals surface area contributed by atoms with E-state index in [0.29, 0.717) is 82.3 Å². The van der Waals surface area contributed by atoms with Crippen LogP contribution >= 0.6 is 0 Å². The van der Waals surface area contributed by atoms with Gasteiger partial charge in [-0.05, 0) is 78.0 Å². The number of nitrogens with one attached hydrogen (secondary N) is 3. The number of nitrogens with two attached hydrogens (primary N) is 1. The highest BCUT2D eigenvalue weighted by molar-refractivity contribution is 6.04. The van der Waals surface area contributed by atoms with Gasteiger partial charge in [0.2, 0.25) is 17.8 Å². The molecule has 0 radical (unpaired) electrons. The van der Waals surface area contributed by atoms with Gasteiger partial charge in [0.05, 0.1) is 36.1 Å². The van der Waals surface area contributed by atoms with Gasteiger partial charge in [-0.25, -0.2) is 15.0 Å². The Kier molecular flexibility index (Phi) is 12.1. The van der Waals surface area contributed by atoms with Crippen molar-refractivity contribution < 1.29 is 28.7 Å². The molecule has 4 aromatic heterocycles. The number of aromatic nitrogens is 8. The molecule has 298 valence electrons. The molecule has 0 spiro atoms. The zero-order valence-electron chi connectivity index (χ0n) is 32.8. The summed E-state index contributed by atoms with van der Waals surface area (Å²) >= 11 is 0. The minimum atomic E-state index is -0.660. The van der Waals surface area contributed by atoms with Crippen molar-refractivity contribution in [1.29, 1.82) is 0 Å². The van der Waals surface area contributed by atoms with Gasteiger partial charge in [-0.1, -0.05) is 12.2 Å². The second kappa shape index (κ2) is 17.3. The van der Waals surface area contributed by atoms with E-state index in [9.17, 15) is 19.2 Å². The van der Waals surface area contributed by atoms with Crippen LogP contribution in [0.25, 0.3) is 22.1 Å². The maximum absolute atomic E-state index is 13.6. The molecule has 0 saturated heterocycles. The Morgan fingerprint density at radius 1 is 0.842 bits per heavy atom. The average molecular weight is 779 g/mol. The van der Waals surface area contributed by atoms with E-state index in [-0.39, 0.29) is 36.4 Å². The van der Waals surface area contributed by atoms with Crippen molar-refractivity contribution in [1.82, 2.24) is 43.8 Å². The topological polar surface area (TPSA) is 220 Å². The van der Waals surface area contributed by atoms with Crippen LogP contribution in [0.5, 0.6) is 11.5 Å². The molecule has 5 N–H and O–H groups in total. The second-order valence-corrected chi connectivity index (χ2v) is 13.2. The number of allylic oxidation sites excluding steroid dienone is 2. The molecule has 18 heteroatoms. The minimum absolute atomic E-state index is 0.189. The fourth-order valence-electron chi connectivity index (χ4n) is 6.56. The number of anilines is 2. The molecule has 2 aromatic carbocycles. The number of rotatable bonds is 18. The molecule has 57 heavy (non-hydrogen) atoms. The van der Waals surface area contributed by atoms with Gasteiger partial charge < -0.3 is 34.2 Å². The Balaban J connectivity index is 1.40. The Morgan fingerprint density at radius 2 is 1.51 bits per heavy atom. The fraction of sp³-hybridized carbons (Fsp3) is 0.333. The average Bonchev–Trinajstić information content (AvgIpc) is 3.96. The second-order valence-electron chi connectivity index (χ2n) is 13.2. The van der Waals surface area contributed by atoms with Gasteiger partial charge in [-0.3, -0.25) is 34.5 Å². The lowest BCUT2D eigenvalue weighted by atomic mass is 10.1. The van der Waals surface area contributed by atoms with Crippen LogP contribution in [-0.2, 0) is 26.2 Å². The number of fused-ring (bicyclic) bond motifs is 2. The number of methoxy groups -OCH3 is 1. The predicted octanol–water partition coefficient (Wildman–Crippen LogP) is 4.10. The quantitative estimate of drug-likeness (QED) is 0.0553. The van der Waals surface area contributed by atoms with Crippen LogP contribution < -0.4 is 31.2 Å². The van der Waals surface area contributed by atoms with E-state index in [1.807, 2.05) is 40.0 Å². The number of hydrogen-bond acceptors (Lipinski definition) is 11. The summed E-state index contributed by atoms with van der Waals surface area (Å²) in [7, 11) is 3.32. The zero-order valence-corrected chi connectivity index (χ0v) is 32.8. The van der Waals surface area contributed by atoms with Crippen molar-refractivity contribution in [3.05, 3.63) is 82.7 Å². The molecular weight excluding hydrogens is 733 g/mol. The lowest BCUT2D eigenvalue weighted by Gasteiger charge is -2.13. The number of aldehydes is 1. The van der Waals surface area contributed by atoms with E-state index in [2.05, 4.69) is 31.0 Å². The lowest BCUT2D eigenvalue weighted by Crippen LogP contribution is -2.20. The number of amides is 3. The number of benzene rings is 2. The van der Waals surface area contributed by atoms with Crippen LogP contribution in [0.4, 0.5) is 11.9 Å². The molecule has 0 saturated carbocycles. The standard InChI is InChI=1S/C39H46N12O6/c1-7-48-21-24(4)42-35(48)37(55)46-39-43-27-17-25(22-52)18-31(57-15-11-12-41-5)33(27)50(39)14-10-9-13-49-32-28(19-26(34(40)53)20-30(32)56-6)44-38(49)45-36(54)29-16-23(3)47-51(29)8-2/h9-10,16-22,41H,7-8,11-15H2,1-6H3,(H2,40,53)(H,43,46,55)(H,44,45,54)/b10-9+. The van der Waals surface area contributed by atoms with Crippen molar-refractivity contribution in [3.63, 3.8) is 0 Å². The summed E-state index contributed by atoms with van der Waals surface area (Å²) in [6.07, 6.45) is 6.96. The largest absolute Gasteiger partial charge is 0.494 e. The van der Waals surface area contributed by atoms with Crippen LogP contribution in [0, 0.1) is 13.8 Å². The Hall–Kier alpha value is -6.82. The maximum atomic E-state index is 13.6. The highest BCUT2D eigenvalue weighted by atomic mass is 16.5. The number of ether oxygens (including phenoxy) is 2. The molecule has 18 nitrogen and oxygen atoms in total. The summed E-state index contributed by atoms with van der Waals surface area (Å²) in [4.78, 5) is 65.2. The molecule has 0 aliphatic heterocycles. The number of primary amides is 1. The molecule has 4 heterocycles. The third-order valence-corrected chi connectivity index (χ3v) is 9.17. The van der Waals surface area contributed by atoms with E-state index in [4.69, 9.17) is 20.2 Å². The highest BCUT2D eigenvalue weighted by Crippen LogP contribution is 2.33. The van der Waals surface area contributed by atoms with Gasteiger partial charge in [-0.2, -0.15) is 5.10 Å². The van der Waals surface area contributed by atoms with Gasteiger partial charge in [-0.15, -0.1) is 0 Å². The predicted molar refractivity (Wildman–Crippen MR) is 214 cm³/mol.